The molecule has 24 heavy (non-hydrogen) atoms. The van der Waals surface area contributed by atoms with Crippen molar-refractivity contribution in [3.8, 4) is 0 Å². The lowest BCUT2D eigenvalue weighted by atomic mass is 9.79. The van der Waals surface area contributed by atoms with Crippen LogP contribution in [-0.4, -0.2) is 31.4 Å². The van der Waals surface area contributed by atoms with Crippen molar-refractivity contribution in [1.29, 1.82) is 0 Å². The molecule has 3 rings (SSSR count). The second kappa shape index (κ2) is 6.75. The first-order valence-corrected chi connectivity index (χ1v) is 8.35. The van der Waals surface area contributed by atoms with E-state index in [-0.39, 0.29) is 30.2 Å². The number of carbonyl (C=O) groups is 3. The fourth-order valence-corrected chi connectivity index (χ4v) is 4.16. The van der Waals surface area contributed by atoms with Crippen LogP contribution in [0.4, 0.5) is 0 Å². The monoisotopic (exact) mass is 330 g/mol. The Kier molecular flexibility index (Phi) is 4.69. The second-order valence-corrected chi connectivity index (χ2v) is 6.80. The molecule has 1 aromatic rings. The van der Waals surface area contributed by atoms with Gasteiger partial charge in [0.1, 0.15) is 0 Å². The van der Waals surface area contributed by atoms with E-state index in [2.05, 4.69) is 0 Å². The molecule has 0 aliphatic heterocycles. The predicted molar refractivity (Wildman–Crippen MR) is 86.3 cm³/mol. The van der Waals surface area contributed by atoms with Gasteiger partial charge in [-0.2, -0.15) is 0 Å². The van der Waals surface area contributed by atoms with Crippen LogP contribution in [0.3, 0.4) is 0 Å². The summed E-state index contributed by atoms with van der Waals surface area (Å²) in [5.41, 5.74) is 1.58. The van der Waals surface area contributed by atoms with Crippen LogP contribution in [0.5, 0.6) is 0 Å². The number of ketones is 1. The maximum atomic E-state index is 12.5. The van der Waals surface area contributed by atoms with Gasteiger partial charge in [-0.3, -0.25) is 14.4 Å². The molecule has 0 spiro atoms. The van der Waals surface area contributed by atoms with Crippen LogP contribution >= 0.6 is 0 Å². The fourth-order valence-electron chi connectivity index (χ4n) is 4.16. The second-order valence-electron chi connectivity index (χ2n) is 6.80. The van der Waals surface area contributed by atoms with Crippen LogP contribution in [0.15, 0.2) is 24.3 Å². The standard InChI is InChI=1S/C19H22O5/c1-11-3-5-12(6-4-11)15(20)10-24-19(22)17-14-8-7-13(9-14)16(17)18(21)23-2/h3-6,13-14,16-17H,7-10H2,1-2H3/t13-,14-,16+,17+/m1/s1. The van der Waals surface area contributed by atoms with Crippen molar-refractivity contribution < 1.29 is 23.9 Å². The van der Waals surface area contributed by atoms with E-state index in [1.165, 1.54) is 7.11 Å². The van der Waals surface area contributed by atoms with Gasteiger partial charge in [0, 0.05) is 5.56 Å². The highest BCUT2D eigenvalue weighted by Crippen LogP contribution is 2.53. The van der Waals surface area contributed by atoms with Gasteiger partial charge in [-0.05, 0) is 38.0 Å². The number of rotatable bonds is 5. The number of carbonyl (C=O) groups excluding carboxylic acids is 3. The van der Waals surface area contributed by atoms with Crippen LogP contribution < -0.4 is 0 Å². The van der Waals surface area contributed by atoms with E-state index in [0.717, 1.165) is 24.8 Å². The summed E-state index contributed by atoms with van der Waals surface area (Å²) in [5, 5.41) is 0. The number of Topliss-reactive ketones (excluding diaryl/α,β-unsaturated/α-hetero) is 1. The minimum absolute atomic E-state index is 0.168. The Morgan fingerprint density at radius 2 is 1.58 bits per heavy atom. The number of ether oxygens (including phenoxy) is 2. The molecule has 0 aromatic heterocycles. The summed E-state index contributed by atoms with van der Waals surface area (Å²) >= 11 is 0. The Morgan fingerprint density at radius 1 is 1.00 bits per heavy atom. The molecule has 2 fully saturated rings. The lowest BCUT2D eigenvalue weighted by Crippen LogP contribution is -2.37. The van der Waals surface area contributed by atoms with Crippen molar-refractivity contribution in [2.45, 2.75) is 26.2 Å². The SMILES string of the molecule is COC(=O)[C@H]1[C@@H]2CC[C@H](C2)[C@@H]1C(=O)OCC(=O)c1ccc(C)cc1. The average Bonchev–Trinajstić information content (AvgIpc) is 3.20. The lowest BCUT2D eigenvalue weighted by Gasteiger charge is -2.27. The molecule has 5 heteroatoms. The third-order valence-corrected chi connectivity index (χ3v) is 5.38. The Morgan fingerprint density at radius 3 is 2.17 bits per heavy atom. The smallest absolute Gasteiger partial charge is 0.310 e. The van der Waals surface area contributed by atoms with E-state index < -0.39 is 17.8 Å². The molecule has 0 saturated heterocycles. The minimum Gasteiger partial charge on any atom is -0.469 e. The van der Waals surface area contributed by atoms with Gasteiger partial charge in [0.05, 0.1) is 18.9 Å². The molecule has 0 radical (unpaired) electrons. The van der Waals surface area contributed by atoms with E-state index in [1.54, 1.807) is 12.1 Å². The molecule has 128 valence electrons. The molecule has 2 aliphatic rings. The van der Waals surface area contributed by atoms with Gasteiger partial charge in [-0.15, -0.1) is 0 Å². The normalized spacial score (nSPS) is 27.8. The quantitative estimate of drug-likeness (QED) is 0.613. The highest BCUT2D eigenvalue weighted by Gasteiger charge is 2.55. The summed E-state index contributed by atoms with van der Waals surface area (Å²) in [5.74, 6) is -1.54. The zero-order valence-corrected chi connectivity index (χ0v) is 14.0. The number of fused-ring (bicyclic) bond motifs is 2. The van der Waals surface area contributed by atoms with E-state index in [1.807, 2.05) is 19.1 Å². The van der Waals surface area contributed by atoms with Gasteiger partial charge in [0.2, 0.25) is 0 Å². The number of hydrogen-bond acceptors (Lipinski definition) is 5. The Hall–Kier alpha value is -2.17. The Labute approximate surface area is 141 Å². The van der Waals surface area contributed by atoms with Gasteiger partial charge >= 0.3 is 11.9 Å². The summed E-state index contributed by atoms with van der Waals surface area (Å²) in [7, 11) is 1.34. The fraction of sp³-hybridized carbons (Fsp3) is 0.526. The number of methoxy groups -OCH3 is 1. The summed E-state index contributed by atoms with van der Waals surface area (Å²) < 4.78 is 10.1. The first-order valence-electron chi connectivity index (χ1n) is 8.35. The molecule has 0 amide bonds. The molecule has 2 bridgehead atoms. The number of hydrogen-bond donors (Lipinski definition) is 0. The Balaban J connectivity index is 1.63. The molecule has 0 unspecified atom stereocenters. The van der Waals surface area contributed by atoms with Crippen molar-refractivity contribution in [2.24, 2.45) is 23.7 Å². The summed E-state index contributed by atoms with van der Waals surface area (Å²) in [6.45, 7) is 1.65. The van der Waals surface area contributed by atoms with E-state index in [0.29, 0.717) is 5.56 Å². The van der Waals surface area contributed by atoms with Gasteiger partial charge in [0.25, 0.3) is 0 Å². The van der Waals surface area contributed by atoms with E-state index >= 15 is 0 Å². The minimum atomic E-state index is -0.470. The molecular weight excluding hydrogens is 308 g/mol. The lowest BCUT2D eigenvalue weighted by molar-refractivity contribution is -0.161. The molecule has 0 N–H and O–H groups in total. The van der Waals surface area contributed by atoms with Crippen molar-refractivity contribution in [2.75, 3.05) is 13.7 Å². The van der Waals surface area contributed by atoms with Gasteiger partial charge in [-0.1, -0.05) is 29.8 Å². The third kappa shape index (κ3) is 3.07. The van der Waals surface area contributed by atoms with Crippen molar-refractivity contribution in [1.82, 2.24) is 0 Å². The van der Waals surface area contributed by atoms with Gasteiger partial charge in [-0.25, -0.2) is 0 Å². The van der Waals surface area contributed by atoms with Crippen LogP contribution in [0.1, 0.15) is 35.2 Å². The van der Waals surface area contributed by atoms with Crippen molar-refractivity contribution in [3.05, 3.63) is 35.4 Å². The highest BCUT2D eigenvalue weighted by molar-refractivity contribution is 5.98. The largest absolute Gasteiger partial charge is 0.469 e. The van der Waals surface area contributed by atoms with Crippen LogP contribution in [0.25, 0.3) is 0 Å². The summed E-state index contributed by atoms with van der Waals surface area (Å²) in [4.78, 5) is 36.6. The molecule has 2 saturated carbocycles. The summed E-state index contributed by atoms with van der Waals surface area (Å²) in [6.07, 6.45) is 2.76. The van der Waals surface area contributed by atoms with Gasteiger partial charge in [0.15, 0.2) is 12.4 Å². The molecule has 5 nitrogen and oxygen atoms in total. The number of benzene rings is 1. The molecule has 2 aliphatic carbocycles. The molecule has 1 aromatic carbocycles. The van der Waals surface area contributed by atoms with Crippen LogP contribution in [-0.2, 0) is 19.1 Å². The molecule has 4 atom stereocenters. The van der Waals surface area contributed by atoms with Crippen LogP contribution in [0, 0.1) is 30.6 Å². The zero-order chi connectivity index (χ0) is 17.3. The maximum absolute atomic E-state index is 12.5. The number of esters is 2. The molecular formula is C19H22O5. The van der Waals surface area contributed by atoms with E-state index in [9.17, 15) is 14.4 Å². The van der Waals surface area contributed by atoms with E-state index in [4.69, 9.17) is 9.47 Å². The number of aryl methyl sites for hydroxylation is 1. The average molecular weight is 330 g/mol. The third-order valence-electron chi connectivity index (χ3n) is 5.38. The topological polar surface area (TPSA) is 69.7 Å². The van der Waals surface area contributed by atoms with Crippen LogP contribution in [0.2, 0.25) is 0 Å². The maximum Gasteiger partial charge on any atom is 0.310 e. The van der Waals surface area contributed by atoms with Crippen molar-refractivity contribution >= 4 is 17.7 Å². The highest BCUT2D eigenvalue weighted by atomic mass is 16.5. The first-order chi connectivity index (χ1) is 11.5. The molecule has 0 heterocycles. The Bertz CT molecular complexity index is 648. The predicted octanol–water partition coefficient (Wildman–Crippen LogP) is 2.56. The zero-order valence-electron chi connectivity index (χ0n) is 14.0. The van der Waals surface area contributed by atoms with Gasteiger partial charge < -0.3 is 9.47 Å². The first kappa shape index (κ1) is 16.7. The summed E-state index contributed by atoms with van der Waals surface area (Å²) in [6, 6.07) is 7.14. The van der Waals surface area contributed by atoms with Crippen molar-refractivity contribution in [3.63, 3.8) is 0 Å².